The summed E-state index contributed by atoms with van der Waals surface area (Å²) in [6, 6.07) is 0. The molecule has 2 rings (SSSR count). The third-order valence-electron chi connectivity index (χ3n) is 3.88. The highest BCUT2D eigenvalue weighted by Gasteiger charge is 2.43. The lowest BCUT2D eigenvalue weighted by molar-refractivity contribution is -0.131. The van der Waals surface area contributed by atoms with Gasteiger partial charge in [0.05, 0.1) is 6.54 Å². The number of carbonyl (C=O) groups excluding carboxylic acids is 2. The Morgan fingerprint density at radius 2 is 2.06 bits per heavy atom. The first kappa shape index (κ1) is 11.4. The van der Waals surface area contributed by atoms with E-state index in [0.717, 1.165) is 32.5 Å². The van der Waals surface area contributed by atoms with E-state index in [4.69, 9.17) is 5.73 Å². The lowest BCUT2D eigenvalue weighted by atomic mass is 9.77. The Kier molecular flexibility index (Phi) is 2.88. The minimum absolute atomic E-state index is 0.0209. The van der Waals surface area contributed by atoms with Crippen molar-refractivity contribution in [2.24, 2.45) is 11.1 Å². The Hall–Kier alpha value is -1.10. The summed E-state index contributed by atoms with van der Waals surface area (Å²) in [7, 11) is 1.86. The molecular formula is C11H19N3O2. The minimum atomic E-state index is 0.0209. The van der Waals surface area contributed by atoms with Crippen molar-refractivity contribution in [1.82, 2.24) is 9.80 Å². The van der Waals surface area contributed by atoms with Gasteiger partial charge in [-0.05, 0) is 12.8 Å². The SMILES string of the molecule is CN1CC2(CCN(C(=O)CN)CC2)CC1=O. The molecule has 2 aliphatic heterocycles. The van der Waals surface area contributed by atoms with E-state index in [9.17, 15) is 9.59 Å². The highest BCUT2D eigenvalue weighted by molar-refractivity contribution is 5.80. The van der Waals surface area contributed by atoms with E-state index in [-0.39, 0.29) is 23.8 Å². The van der Waals surface area contributed by atoms with E-state index in [2.05, 4.69) is 0 Å². The lowest BCUT2D eigenvalue weighted by Crippen LogP contribution is -2.46. The smallest absolute Gasteiger partial charge is 0.236 e. The molecule has 0 saturated carbocycles. The molecule has 0 aromatic rings. The van der Waals surface area contributed by atoms with Gasteiger partial charge in [-0.1, -0.05) is 0 Å². The molecule has 2 saturated heterocycles. The van der Waals surface area contributed by atoms with Gasteiger partial charge in [0.1, 0.15) is 0 Å². The van der Waals surface area contributed by atoms with E-state index >= 15 is 0 Å². The van der Waals surface area contributed by atoms with Gasteiger partial charge in [0.25, 0.3) is 0 Å². The maximum atomic E-state index is 11.5. The predicted octanol–water partition coefficient (Wildman–Crippen LogP) is -0.584. The molecule has 90 valence electrons. The van der Waals surface area contributed by atoms with E-state index in [1.807, 2.05) is 11.9 Å². The van der Waals surface area contributed by atoms with Gasteiger partial charge in [-0.2, -0.15) is 0 Å². The number of carbonyl (C=O) groups is 2. The van der Waals surface area contributed by atoms with Gasteiger partial charge in [0.2, 0.25) is 11.8 Å². The molecule has 2 amide bonds. The second kappa shape index (κ2) is 4.05. The number of hydrogen-bond donors (Lipinski definition) is 1. The van der Waals surface area contributed by atoms with Crippen molar-refractivity contribution in [2.45, 2.75) is 19.3 Å². The molecule has 0 radical (unpaired) electrons. The fraction of sp³-hybridized carbons (Fsp3) is 0.818. The largest absolute Gasteiger partial charge is 0.345 e. The summed E-state index contributed by atoms with van der Waals surface area (Å²) in [6.45, 7) is 2.43. The average Bonchev–Trinajstić information content (AvgIpc) is 2.54. The van der Waals surface area contributed by atoms with Crippen molar-refractivity contribution in [3.05, 3.63) is 0 Å². The number of likely N-dealkylation sites (tertiary alicyclic amines) is 2. The predicted molar refractivity (Wildman–Crippen MR) is 59.6 cm³/mol. The van der Waals surface area contributed by atoms with Crippen LogP contribution in [0.5, 0.6) is 0 Å². The van der Waals surface area contributed by atoms with Crippen molar-refractivity contribution in [3.8, 4) is 0 Å². The molecule has 0 aromatic heterocycles. The zero-order valence-electron chi connectivity index (χ0n) is 9.74. The van der Waals surface area contributed by atoms with Gasteiger partial charge in [-0.15, -0.1) is 0 Å². The summed E-state index contributed by atoms with van der Waals surface area (Å²) in [6.07, 6.45) is 2.50. The molecule has 0 aromatic carbocycles. The summed E-state index contributed by atoms with van der Waals surface area (Å²) in [4.78, 5) is 26.6. The second-order valence-electron chi connectivity index (χ2n) is 5.01. The Bertz CT molecular complexity index is 308. The van der Waals surface area contributed by atoms with E-state index in [0.29, 0.717) is 6.42 Å². The first-order valence-corrected chi connectivity index (χ1v) is 5.78. The van der Waals surface area contributed by atoms with Gasteiger partial charge in [-0.3, -0.25) is 9.59 Å². The van der Waals surface area contributed by atoms with E-state index < -0.39 is 0 Å². The van der Waals surface area contributed by atoms with Gasteiger partial charge >= 0.3 is 0 Å². The Labute approximate surface area is 95.6 Å². The second-order valence-corrected chi connectivity index (χ2v) is 5.01. The first-order chi connectivity index (χ1) is 7.56. The maximum absolute atomic E-state index is 11.5. The molecule has 0 bridgehead atoms. The molecule has 0 atom stereocenters. The van der Waals surface area contributed by atoms with Crippen molar-refractivity contribution in [3.63, 3.8) is 0 Å². The Morgan fingerprint density at radius 1 is 1.44 bits per heavy atom. The number of hydrogen-bond acceptors (Lipinski definition) is 3. The number of nitrogens with two attached hydrogens (primary N) is 1. The molecule has 2 heterocycles. The molecule has 5 heteroatoms. The van der Waals surface area contributed by atoms with Crippen LogP contribution in [0.25, 0.3) is 0 Å². The average molecular weight is 225 g/mol. The van der Waals surface area contributed by atoms with E-state index in [1.165, 1.54) is 0 Å². The van der Waals surface area contributed by atoms with Crippen LogP contribution >= 0.6 is 0 Å². The highest BCUT2D eigenvalue weighted by atomic mass is 16.2. The molecular weight excluding hydrogens is 206 g/mol. The van der Waals surface area contributed by atoms with Gasteiger partial charge in [0.15, 0.2) is 0 Å². The fourth-order valence-corrected chi connectivity index (χ4v) is 2.80. The van der Waals surface area contributed by atoms with Crippen LogP contribution in [0.15, 0.2) is 0 Å². The van der Waals surface area contributed by atoms with Gasteiger partial charge in [0, 0.05) is 38.5 Å². The van der Waals surface area contributed by atoms with Crippen molar-refractivity contribution >= 4 is 11.8 Å². The molecule has 2 fully saturated rings. The monoisotopic (exact) mass is 225 g/mol. The summed E-state index contributed by atoms with van der Waals surface area (Å²) in [5.41, 5.74) is 5.46. The van der Waals surface area contributed by atoms with Crippen LogP contribution < -0.4 is 5.73 Å². The number of piperidine rings is 1. The summed E-state index contributed by atoms with van der Waals surface area (Å²) in [5, 5.41) is 0. The molecule has 2 N–H and O–H groups in total. The van der Waals surface area contributed by atoms with Gasteiger partial charge < -0.3 is 15.5 Å². The van der Waals surface area contributed by atoms with E-state index in [1.54, 1.807) is 4.90 Å². The minimum Gasteiger partial charge on any atom is -0.345 e. The van der Waals surface area contributed by atoms with Crippen molar-refractivity contribution in [2.75, 3.05) is 33.2 Å². The topological polar surface area (TPSA) is 66.6 Å². The summed E-state index contributed by atoms with van der Waals surface area (Å²) >= 11 is 0. The van der Waals surface area contributed by atoms with Crippen LogP contribution in [0.3, 0.4) is 0 Å². The number of nitrogens with zero attached hydrogens (tertiary/aromatic N) is 2. The Balaban J connectivity index is 1.95. The Morgan fingerprint density at radius 3 is 2.50 bits per heavy atom. The third kappa shape index (κ3) is 1.91. The normalized spacial score (nSPS) is 24.2. The fourth-order valence-electron chi connectivity index (χ4n) is 2.80. The zero-order valence-corrected chi connectivity index (χ0v) is 9.74. The quantitative estimate of drug-likeness (QED) is 0.649. The molecule has 2 aliphatic rings. The molecule has 0 unspecified atom stereocenters. The van der Waals surface area contributed by atoms with Crippen molar-refractivity contribution < 1.29 is 9.59 Å². The summed E-state index contributed by atoms with van der Waals surface area (Å²) < 4.78 is 0. The zero-order chi connectivity index (χ0) is 11.8. The van der Waals surface area contributed by atoms with Crippen LogP contribution in [-0.4, -0.2) is 54.8 Å². The summed E-state index contributed by atoms with van der Waals surface area (Å²) in [5.74, 6) is 0.256. The third-order valence-corrected chi connectivity index (χ3v) is 3.88. The molecule has 5 nitrogen and oxygen atoms in total. The van der Waals surface area contributed by atoms with Crippen LogP contribution in [-0.2, 0) is 9.59 Å². The number of amides is 2. The van der Waals surface area contributed by atoms with Gasteiger partial charge in [-0.25, -0.2) is 0 Å². The molecule has 0 aliphatic carbocycles. The van der Waals surface area contributed by atoms with Crippen molar-refractivity contribution in [1.29, 1.82) is 0 Å². The standard InChI is InChI=1S/C11H19N3O2/c1-13-8-11(6-9(13)15)2-4-14(5-3-11)10(16)7-12/h2-8,12H2,1H3. The molecule has 16 heavy (non-hydrogen) atoms. The highest BCUT2D eigenvalue weighted by Crippen LogP contribution is 2.40. The van der Waals surface area contributed by atoms with Crippen LogP contribution in [0, 0.1) is 5.41 Å². The lowest BCUT2D eigenvalue weighted by Gasteiger charge is -2.38. The first-order valence-electron chi connectivity index (χ1n) is 5.78. The molecule has 1 spiro atoms. The van der Waals surface area contributed by atoms with Crippen LogP contribution in [0.4, 0.5) is 0 Å². The van der Waals surface area contributed by atoms with Crippen LogP contribution in [0.1, 0.15) is 19.3 Å². The van der Waals surface area contributed by atoms with Crippen LogP contribution in [0.2, 0.25) is 0 Å². The number of rotatable bonds is 1. The maximum Gasteiger partial charge on any atom is 0.236 e.